The molecule has 1 nitrogen and oxygen atoms in total. The lowest BCUT2D eigenvalue weighted by Gasteiger charge is -2.33. The van der Waals surface area contributed by atoms with E-state index >= 15 is 0 Å². The Bertz CT molecular complexity index is 260. The van der Waals surface area contributed by atoms with E-state index in [4.69, 9.17) is 0 Å². The van der Waals surface area contributed by atoms with Crippen LogP contribution in [-0.2, 0) is 0 Å². The molecule has 0 aliphatic heterocycles. The van der Waals surface area contributed by atoms with Crippen LogP contribution in [-0.4, -0.2) is 24.9 Å². The van der Waals surface area contributed by atoms with Gasteiger partial charge in [-0.05, 0) is 18.9 Å². The predicted octanol–water partition coefficient (Wildman–Crippen LogP) is 5.31. The average Bonchev–Trinajstić information content (AvgIpc) is 2.30. The topological polar surface area (TPSA) is 12.0 Å². The van der Waals surface area contributed by atoms with Crippen LogP contribution >= 0.6 is 0 Å². The van der Waals surface area contributed by atoms with Gasteiger partial charge in [0.15, 0.2) is 5.92 Å². The third-order valence-corrected chi connectivity index (χ3v) is 3.70. The Morgan fingerprint density at radius 1 is 0.905 bits per heavy atom. The zero-order chi connectivity index (χ0) is 16.7. The van der Waals surface area contributed by atoms with Crippen molar-refractivity contribution in [2.75, 3.05) is 6.54 Å². The van der Waals surface area contributed by atoms with Crippen LogP contribution in [0, 0.1) is 11.8 Å². The highest BCUT2D eigenvalue weighted by atomic mass is 19.4. The van der Waals surface area contributed by atoms with Gasteiger partial charge in [0.2, 0.25) is 0 Å². The molecule has 0 aliphatic rings. The van der Waals surface area contributed by atoms with Crippen molar-refractivity contribution in [1.29, 1.82) is 0 Å². The molecule has 0 aliphatic carbocycles. The number of hydrogen-bond acceptors (Lipinski definition) is 1. The van der Waals surface area contributed by atoms with Gasteiger partial charge in [0.05, 0.1) is 0 Å². The first kappa shape index (κ1) is 20.5. The maximum Gasteiger partial charge on any atom is 0.401 e. The highest BCUT2D eigenvalue weighted by Gasteiger charge is 2.60. The van der Waals surface area contributed by atoms with E-state index in [9.17, 15) is 26.3 Å². The summed E-state index contributed by atoms with van der Waals surface area (Å²) in [4.78, 5) is 0. The minimum atomic E-state index is -5.28. The molecule has 1 N–H and O–H groups in total. The molecule has 0 aromatic carbocycles. The van der Waals surface area contributed by atoms with Gasteiger partial charge in [0, 0.05) is 6.04 Å². The van der Waals surface area contributed by atoms with Gasteiger partial charge in [-0.25, -0.2) is 0 Å². The molecular weight excluding hydrogens is 296 g/mol. The van der Waals surface area contributed by atoms with Crippen molar-refractivity contribution in [1.82, 2.24) is 5.32 Å². The van der Waals surface area contributed by atoms with Crippen LogP contribution in [0.2, 0.25) is 0 Å². The lowest BCUT2D eigenvalue weighted by molar-refractivity contribution is -0.292. The summed E-state index contributed by atoms with van der Waals surface area (Å²) in [6, 6.07) is -1.61. The van der Waals surface area contributed by atoms with E-state index in [1.165, 1.54) is 6.92 Å². The summed E-state index contributed by atoms with van der Waals surface area (Å²) in [7, 11) is 0. The number of halogens is 6. The first-order chi connectivity index (χ1) is 9.57. The fraction of sp³-hybridized carbons (Fsp3) is 1.00. The Morgan fingerprint density at radius 2 is 1.43 bits per heavy atom. The molecule has 21 heavy (non-hydrogen) atoms. The van der Waals surface area contributed by atoms with Gasteiger partial charge in [-0.2, -0.15) is 26.3 Å². The van der Waals surface area contributed by atoms with E-state index < -0.39 is 24.3 Å². The Balaban J connectivity index is 5.13. The van der Waals surface area contributed by atoms with Crippen molar-refractivity contribution in [2.24, 2.45) is 11.8 Å². The van der Waals surface area contributed by atoms with Gasteiger partial charge >= 0.3 is 12.4 Å². The van der Waals surface area contributed by atoms with Crippen LogP contribution in [0.15, 0.2) is 0 Å². The second kappa shape index (κ2) is 8.86. The fourth-order valence-corrected chi connectivity index (χ4v) is 2.58. The lowest BCUT2D eigenvalue weighted by Crippen LogP contribution is -2.51. The molecule has 0 bridgehead atoms. The third kappa shape index (κ3) is 7.38. The fourth-order valence-electron chi connectivity index (χ4n) is 2.58. The molecule has 0 aromatic rings. The first-order valence-electron chi connectivity index (χ1n) is 7.44. The Labute approximate surface area is 122 Å². The maximum atomic E-state index is 12.8. The van der Waals surface area contributed by atoms with Crippen molar-refractivity contribution >= 4 is 0 Å². The highest BCUT2D eigenvalue weighted by molar-refractivity contribution is 4.88. The minimum Gasteiger partial charge on any atom is -0.313 e. The number of hydrogen-bond donors (Lipinski definition) is 1. The monoisotopic (exact) mass is 321 g/mol. The smallest absolute Gasteiger partial charge is 0.313 e. The number of unbranched alkanes of at least 4 members (excludes halogenated alkanes) is 1. The second-order valence-corrected chi connectivity index (χ2v) is 5.38. The van der Waals surface area contributed by atoms with Gasteiger partial charge in [0.1, 0.15) is 0 Å². The summed E-state index contributed by atoms with van der Waals surface area (Å²) in [5.74, 6) is -3.43. The van der Waals surface area contributed by atoms with Crippen LogP contribution in [0.25, 0.3) is 0 Å². The molecular formula is C14H25F6N. The molecule has 0 amide bonds. The second-order valence-electron chi connectivity index (χ2n) is 5.38. The van der Waals surface area contributed by atoms with E-state index in [0.29, 0.717) is 12.8 Å². The van der Waals surface area contributed by atoms with Crippen LogP contribution in [0.3, 0.4) is 0 Å². The highest BCUT2D eigenvalue weighted by Crippen LogP contribution is 2.43. The molecule has 0 rings (SSSR count). The molecule has 0 saturated carbocycles. The van der Waals surface area contributed by atoms with Crippen LogP contribution < -0.4 is 5.32 Å². The third-order valence-electron chi connectivity index (χ3n) is 3.70. The summed E-state index contributed by atoms with van der Waals surface area (Å²) >= 11 is 0. The number of rotatable bonds is 9. The lowest BCUT2D eigenvalue weighted by atomic mass is 9.85. The molecule has 0 spiro atoms. The van der Waals surface area contributed by atoms with E-state index in [-0.39, 0.29) is 18.9 Å². The van der Waals surface area contributed by atoms with Crippen molar-refractivity contribution in [2.45, 2.75) is 71.3 Å². The summed E-state index contributed by atoms with van der Waals surface area (Å²) in [5.41, 5.74) is 0. The van der Waals surface area contributed by atoms with Gasteiger partial charge in [0.25, 0.3) is 0 Å². The van der Waals surface area contributed by atoms with Gasteiger partial charge in [-0.15, -0.1) is 0 Å². The van der Waals surface area contributed by atoms with E-state index in [2.05, 4.69) is 5.32 Å². The Kier molecular flexibility index (Phi) is 8.66. The first-order valence-corrected chi connectivity index (χ1v) is 7.44. The van der Waals surface area contributed by atoms with Crippen molar-refractivity contribution in [3.63, 3.8) is 0 Å². The van der Waals surface area contributed by atoms with Gasteiger partial charge in [-0.1, -0.05) is 46.5 Å². The molecule has 0 saturated heterocycles. The quantitative estimate of drug-likeness (QED) is 0.567. The Hall–Kier alpha value is -0.460. The normalized spacial score (nSPS) is 16.3. The summed E-state index contributed by atoms with van der Waals surface area (Å²) < 4.78 is 77.0. The van der Waals surface area contributed by atoms with Gasteiger partial charge in [-0.3, -0.25) is 0 Å². The molecule has 7 heteroatoms. The molecule has 2 unspecified atom stereocenters. The van der Waals surface area contributed by atoms with Crippen LogP contribution in [0.5, 0.6) is 0 Å². The maximum absolute atomic E-state index is 12.8. The average molecular weight is 321 g/mol. The summed E-state index contributed by atoms with van der Waals surface area (Å²) in [6.45, 7) is 5.35. The molecule has 0 radical (unpaired) electrons. The zero-order valence-corrected chi connectivity index (χ0v) is 12.7. The van der Waals surface area contributed by atoms with Crippen LogP contribution in [0.4, 0.5) is 26.3 Å². The molecule has 128 valence electrons. The number of nitrogens with one attached hydrogen (secondary N) is 1. The number of alkyl halides is 6. The summed E-state index contributed by atoms with van der Waals surface area (Å²) in [5, 5.41) is 2.40. The molecule has 0 aromatic heterocycles. The Morgan fingerprint density at radius 3 is 1.76 bits per heavy atom. The van der Waals surface area contributed by atoms with Crippen molar-refractivity contribution < 1.29 is 26.3 Å². The van der Waals surface area contributed by atoms with Crippen molar-refractivity contribution in [3.8, 4) is 0 Å². The van der Waals surface area contributed by atoms with E-state index in [1.54, 1.807) is 6.92 Å². The predicted molar refractivity (Wildman–Crippen MR) is 71.0 cm³/mol. The SMILES string of the molecule is CCCCC(CC)CC(NCC)C(C(F)(F)F)C(F)(F)F. The van der Waals surface area contributed by atoms with E-state index in [0.717, 1.165) is 12.8 Å². The van der Waals surface area contributed by atoms with E-state index in [1.807, 2.05) is 6.92 Å². The zero-order valence-electron chi connectivity index (χ0n) is 12.7. The van der Waals surface area contributed by atoms with Crippen molar-refractivity contribution in [3.05, 3.63) is 0 Å². The molecule has 0 fully saturated rings. The minimum absolute atomic E-state index is 0.0809. The molecule has 0 heterocycles. The van der Waals surface area contributed by atoms with Gasteiger partial charge < -0.3 is 5.32 Å². The standard InChI is InChI=1S/C14H25F6N/c1-4-7-8-10(5-2)9-11(21-6-3)12(13(15,16)17)14(18,19)20/h10-12,21H,4-9H2,1-3H3. The largest absolute Gasteiger partial charge is 0.401 e. The van der Waals surface area contributed by atoms with Crippen LogP contribution in [0.1, 0.15) is 52.9 Å². The summed E-state index contributed by atoms with van der Waals surface area (Å²) in [6.07, 6.45) is -7.72. The molecule has 2 atom stereocenters.